The lowest BCUT2D eigenvalue weighted by Crippen LogP contribution is -2.58. The van der Waals surface area contributed by atoms with E-state index in [2.05, 4.69) is 39.8 Å². The van der Waals surface area contributed by atoms with E-state index < -0.39 is 47.6 Å². The molecule has 10 atom stereocenters. The molecule has 1 unspecified atom stereocenters. The molecule has 2 bridgehead atoms. The molecule has 0 aromatic carbocycles. The van der Waals surface area contributed by atoms with Crippen molar-refractivity contribution >= 4 is 11.9 Å². The maximum Gasteiger partial charge on any atom is 0.331 e. The largest absolute Gasteiger partial charge is 0.462 e. The highest BCUT2D eigenvalue weighted by Gasteiger charge is 2.60. The lowest BCUT2D eigenvalue weighted by atomic mass is 9.70. The summed E-state index contributed by atoms with van der Waals surface area (Å²) >= 11 is 0. The minimum absolute atomic E-state index is 0.000389. The fourth-order valence-corrected chi connectivity index (χ4v) is 7.39. The molecule has 0 aromatic heterocycles. The molecular formula is C37H52O9. The van der Waals surface area contributed by atoms with Gasteiger partial charge in [0, 0.05) is 25.3 Å². The second-order valence-corrected chi connectivity index (χ2v) is 14.2. The van der Waals surface area contributed by atoms with Crippen LogP contribution in [-0.4, -0.2) is 77.3 Å². The summed E-state index contributed by atoms with van der Waals surface area (Å²) in [7, 11) is 0. The highest BCUT2D eigenvalue weighted by molar-refractivity contribution is 5.83. The number of ether oxygens (including phenoxy) is 5. The van der Waals surface area contributed by atoms with Crippen molar-refractivity contribution in [2.45, 2.75) is 128 Å². The first kappa shape index (κ1) is 34.8. The van der Waals surface area contributed by atoms with Gasteiger partial charge in [-0.2, -0.15) is 0 Å². The SMILES string of the molecule is CC/C(C)=C/C(=O)OCC1=C[C@H]2C(=O)O[C@H]3C[C@@H](C/C=C(\C)C[C@@H](C)/C=C/C=C4\COC([C@@H]1O)[C@@]42O)O[C@@]1(CC[C@H](C)[C@H](C)O1)C3. The van der Waals surface area contributed by atoms with Crippen LogP contribution in [0.5, 0.6) is 0 Å². The molecule has 254 valence electrons. The Hall–Kier alpha value is -2.56. The number of fused-ring (bicyclic) bond motifs is 2. The summed E-state index contributed by atoms with van der Waals surface area (Å²) in [5.41, 5.74) is 1.02. The summed E-state index contributed by atoms with van der Waals surface area (Å²) in [6.45, 7) is 12.1. The maximum absolute atomic E-state index is 14.2. The number of rotatable bonds is 4. The van der Waals surface area contributed by atoms with Crippen molar-refractivity contribution in [3.8, 4) is 0 Å². The van der Waals surface area contributed by atoms with E-state index in [1.54, 1.807) is 6.08 Å². The molecule has 0 aromatic rings. The van der Waals surface area contributed by atoms with Crippen molar-refractivity contribution in [3.05, 3.63) is 58.7 Å². The lowest BCUT2D eigenvalue weighted by Gasteiger charge is -2.49. The smallest absolute Gasteiger partial charge is 0.331 e. The third kappa shape index (κ3) is 7.44. The molecule has 4 heterocycles. The molecule has 3 saturated heterocycles. The van der Waals surface area contributed by atoms with Crippen LogP contribution in [0.4, 0.5) is 0 Å². The van der Waals surface area contributed by atoms with Crippen LogP contribution in [0.1, 0.15) is 86.5 Å². The van der Waals surface area contributed by atoms with E-state index in [4.69, 9.17) is 23.7 Å². The molecule has 3 fully saturated rings. The number of aliphatic hydroxyl groups excluding tert-OH is 1. The summed E-state index contributed by atoms with van der Waals surface area (Å²) in [5.74, 6) is -2.60. The average molecular weight is 641 g/mol. The minimum atomic E-state index is -1.85. The van der Waals surface area contributed by atoms with Crippen LogP contribution < -0.4 is 0 Å². The third-order valence-corrected chi connectivity index (χ3v) is 10.5. The monoisotopic (exact) mass is 640 g/mol. The number of allylic oxidation sites excluding steroid dienone is 5. The Morgan fingerprint density at radius 2 is 1.98 bits per heavy atom. The van der Waals surface area contributed by atoms with Gasteiger partial charge in [0.05, 0.1) is 18.8 Å². The lowest BCUT2D eigenvalue weighted by molar-refractivity contribution is -0.332. The van der Waals surface area contributed by atoms with Gasteiger partial charge >= 0.3 is 11.9 Å². The molecule has 1 aliphatic carbocycles. The van der Waals surface area contributed by atoms with E-state index in [1.807, 2.05) is 19.9 Å². The average Bonchev–Trinajstić information content (AvgIpc) is 3.34. The van der Waals surface area contributed by atoms with Gasteiger partial charge in [0.15, 0.2) is 5.79 Å². The zero-order chi connectivity index (χ0) is 33.2. The first-order chi connectivity index (χ1) is 21.8. The second-order valence-electron chi connectivity index (χ2n) is 14.2. The van der Waals surface area contributed by atoms with E-state index in [1.165, 1.54) is 17.7 Å². The van der Waals surface area contributed by atoms with Crippen LogP contribution in [0.25, 0.3) is 0 Å². The van der Waals surface area contributed by atoms with E-state index >= 15 is 0 Å². The zero-order valence-electron chi connectivity index (χ0n) is 28.2. The van der Waals surface area contributed by atoms with Gasteiger partial charge in [-0.25, -0.2) is 4.79 Å². The number of hydrogen-bond acceptors (Lipinski definition) is 9. The molecule has 1 spiro atoms. The van der Waals surface area contributed by atoms with Crippen LogP contribution in [0.15, 0.2) is 58.7 Å². The van der Waals surface area contributed by atoms with Crippen molar-refractivity contribution < 1.29 is 43.5 Å². The van der Waals surface area contributed by atoms with Crippen molar-refractivity contribution in [1.82, 2.24) is 0 Å². The minimum Gasteiger partial charge on any atom is -0.462 e. The molecule has 0 saturated carbocycles. The standard InChI is InChI=1S/C37H52O9/c1-7-22(2)16-32(38)42-20-27-17-31-35(40)44-30-18-29(46-36(19-30)14-13-25(5)26(6)45-36)12-11-24(4)15-23(3)9-8-10-28-21-43-34(33(27)39)37(28,31)41/h8-11,16-17,23,25-26,29-31,33-34,39,41H,7,12-15,18-21H2,1-6H3/b9-8+,22-16+,24-11+,28-10+/t23-,25-,26-,29+,30-,31-,33+,34?,36-,37+/m0/s1. The van der Waals surface area contributed by atoms with Crippen molar-refractivity contribution in [3.63, 3.8) is 0 Å². The van der Waals surface area contributed by atoms with E-state index in [-0.39, 0.29) is 36.9 Å². The first-order valence-electron chi connectivity index (χ1n) is 17.0. The summed E-state index contributed by atoms with van der Waals surface area (Å²) < 4.78 is 30.9. The van der Waals surface area contributed by atoms with Crippen LogP contribution in [-0.2, 0) is 33.3 Å². The molecule has 0 amide bonds. The van der Waals surface area contributed by atoms with Crippen molar-refractivity contribution in [2.75, 3.05) is 13.2 Å². The highest BCUT2D eigenvalue weighted by Crippen LogP contribution is 2.47. The molecule has 2 N–H and O–H groups in total. The van der Waals surface area contributed by atoms with Crippen molar-refractivity contribution in [1.29, 1.82) is 0 Å². The molecule has 0 radical (unpaired) electrons. The van der Waals surface area contributed by atoms with Gasteiger partial charge in [0.2, 0.25) is 0 Å². The Labute approximate surface area is 273 Å². The van der Waals surface area contributed by atoms with Gasteiger partial charge in [0.25, 0.3) is 0 Å². The Balaban J connectivity index is 1.50. The van der Waals surface area contributed by atoms with Gasteiger partial charge in [-0.1, -0.05) is 62.3 Å². The van der Waals surface area contributed by atoms with Crippen LogP contribution in [0.2, 0.25) is 0 Å². The predicted molar refractivity (Wildman–Crippen MR) is 172 cm³/mol. The summed E-state index contributed by atoms with van der Waals surface area (Å²) in [6, 6.07) is 0. The van der Waals surface area contributed by atoms with E-state index in [9.17, 15) is 19.8 Å². The predicted octanol–water partition coefficient (Wildman–Crippen LogP) is 5.41. The fourth-order valence-electron chi connectivity index (χ4n) is 7.39. The molecule has 5 rings (SSSR count). The first-order valence-corrected chi connectivity index (χ1v) is 17.0. The van der Waals surface area contributed by atoms with Gasteiger partial charge in [0.1, 0.15) is 36.4 Å². The number of carbonyl (C=O) groups excluding carboxylic acids is 2. The molecule has 4 aliphatic heterocycles. The number of carbonyl (C=O) groups is 2. The van der Waals surface area contributed by atoms with E-state index in [0.29, 0.717) is 43.6 Å². The maximum atomic E-state index is 14.2. The van der Waals surface area contributed by atoms with Crippen LogP contribution >= 0.6 is 0 Å². The van der Waals surface area contributed by atoms with Crippen molar-refractivity contribution in [2.24, 2.45) is 17.8 Å². The third-order valence-electron chi connectivity index (χ3n) is 10.5. The Morgan fingerprint density at radius 3 is 2.72 bits per heavy atom. The van der Waals surface area contributed by atoms with Gasteiger partial charge in [-0.3, -0.25) is 4.79 Å². The topological polar surface area (TPSA) is 121 Å². The van der Waals surface area contributed by atoms with Gasteiger partial charge in [-0.05, 0) is 69.4 Å². The normalized spacial score (nSPS) is 43.3. The van der Waals surface area contributed by atoms with Crippen LogP contribution in [0, 0.1) is 17.8 Å². The summed E-state index contributed by atoms with van der Waals surface area (Å²) in [4.78, 5) is 26.6. The molecule has 9 nitrogen and oxygen atoms in total. The van der Waals surface area contributed by atoms with E-state index in [0.717, 1.165) is 18.4 Å². The molecular weight excluding hydrogens is 588 g/mol. The Bertz CT molecular complexity index is 1310. The quantitative estimate of drug-likeness (QED) is 0.236. The molecule has 9 heteroatoms. The van der Waals surface area contributed by atoms with Gasteiger partial charge < -0.3 is 33.9 Å². The second kappa shape index (κ2) is 14.3. The zero-order valence-corrected chi connectivity index (χ0v) is 28.2. The molecule has 5 aliphatic rings. The number of esters is 2. The summed E-state index contributed by atoms with van der Waals surface area (Å²) in [5, 5.41) is 23.7. The Morgan fingerprint density at radius 1 is 1.20 bits per heavy atom. The highest BCUT2D eigenvalue weighted by atomic mass is 16.7. The Kier molecular flexibility index (Phi) is 10.8. The number of hydrogen-bond donors (Lipinski definition) is 2. The fraction of sp³-hybridized carbons (Fsp3) is 0.676. The summed E-state index contributed by atoms with van der Waals surface area (Å²) in [6.07, 6.45) is 12.5. The molecule has 46 heavy (non-hydrogen) atoms. The van der Waals surface area contributed by atoms with Gasteiger partial charge in [-0.15, -0.1) is 0 Å². The van der Waals surface area contributed by atoms with Crippen LogP contribution in [0.3, 0.4) is 0 Å². The number of aliphatic hydroxyl groups is 2.